The number of benzene rings is 1. The molecular formula is C21H24N2O5. The van der Waals surface area contributed by atoms with Crippen molar-refractivity contribution in [3.05, 3.63) is 47.9 Å². The van der Waals surface area contributed by atoms with Gasteiger partial charge in [-0.3, -0.25) is 9.59 Å². The second-order valence-corrected chi connectivity index (χ2v) is 7.73. The van der Waals surface area contributed by atoms with Crippen LogP contribution in [0.2, 0.25) is 0 Å². The molecule has 2 aliphatic rings. The number of furan rings is 1. The van der Waals surface area contributed by atoms with Crippen LogP contribution < -0.4 is 14.8 Å². The molecule has 1 N–H and O–H groups in total. The highest BCUT2D eigenvalue weighted by Crippen LogP contribution is 2.35. The van der Waals surface area contributed by atoms with E-state index in [-0.39, 0.29) is 24.5 Å². The Kier molecular flexibility index (Phi) is 4.75. The van der Waals surface area contributed by atoms with Crippen LogP contribution >= 0.6 is 0 Å². The lowest BCUT2D eigenvalue weighted by Gasteiger charge is -2.34. The number of rotatable bonds is 4. The molecule has 4 rings (SSSR count). The van der Waals surface area contributed by atoms with Gasteiger partial charge >= 0.3 is 0 Å². The molecule has 7 nitrogen and oxygen atoms in total. The van der Waals surface area contributed by atoms with E-state index in [2.05, 4.69) is 5.32 Å². The number of hydrogen-bond donors (Lipinski definition) is 1. The number of piperidine rings is 1. The maximum absolute atomic E-state index is 12.8. The third-order valence-corrected chi connectivity index (χ3v) is 5.41. The normalized spacial score (nSPS) is 16.9. The first-order valence-corrected chi connectivity index (χ1v) is 9.49. The summed E-state index contributed by atoms with van der Waals surface area (Å²) < 4.78 is 16.0. The average molecular weight is 384 g/mol. The van der Waals surface area contributed by atoms with E-state index in [1.54, 1.807) is 17.0 Å². The van der Waals surface area contributed by atoms with Crippen molar-refractivity contribution in [1.29, 1.82) is 0 Å². The summed E-state index contributed by atoms with van der Waals surface area (Å²) >= 11 is 0. The summed E-state index contributed by atoms with van der Waals surface area (Å²) in [7, 11) is 0. The van der Waals surface area contributed by atoms with E-state index in [1.165, 1.54) is 6.26 Å². The van der Waals surface area contributed by atoms with Crippen LogP contribution in [0.4, 0.5) is 0 Å². The predicted octanol–water partition coefficient (Wildman–Crippen LogP) is 2.91. The lowest BCUT2D eigenvalue weighted by molar-refractivity contribution is -0.128. The van der Waals surface area contributed by atoms with Crippen LogP contribution in [0.3, 0.4) is 0 Å². The Morgan fingerprint density at radius 1 is 1.11 bits per heavy atom. The fraction of sp³-hybridized carbons (Fsp3) is 0.429. The SMILES string of the molecule is CC(C)(NC(=O)C1CCN(C(=O)c2ccco2)CC1)c1ccc2c(c1)OCO2. The summed E-state index contributed by atoms with van der Waals surface area (Å²) in [5, 5.41) is 3.15. The second kappa shape index (κ2) is 7.22. The number of fused-ring (bicyclic) bond motifs is 1. The maximum Gasteiger partial charge on any atom is 0.289 e. The number of nitrogens with zero attached hydrogens (tertiary/aromatic N) is 1. The fourth-order valence-electron chi connectivity index (χ4n) is 3.67. The smallest absolute Gasteiger partial charge is 0.289 e. The average Bonchev–Trinajstić information content (AvgIpc) is 3.38. The second-order valence-electron chi connectivity index (χ2n) is 7.73. The van der Waals surface area contributed by atoms with E-state index in [0.717, 1.165) is 11.3 Å². The third kappa shape index (κ3) is 3.56. The van der Waals surface area contributed by atoms with Gasteiger partial charge in [-0.15, -0.1) is 0 Å². The lowest BCUT2D eigenvalue weighted by Crippen LogP contribution is -2.47. The number of carbonyl (C=O) groups is 2. The number of likely N-dealkylation sites (tertiary alicyclic amines) is 1. The van der Waals surface area contributed by atoms with Crippen LogP contribution in [0.25, 0.3) is 0 Å². The van der Waals surface area contributed by atoms with E-state index in [9.17, 15) is 9.59 Å². The van der Waals surface area contributed by atoms with Gasteiger partial charge in [0.15, 0.2) is 17.3 Å². The molecule has 0 saturated carbocycles. The van der Waals surface area contributed by atoms with Crippen molar-refractivity contribution in [3.63, 3.8) is 0 Å². The lowest BCUT2D eigenvalue weighted by atomic mass is 9.90. The molecule has 0 aliphatic carbocycles. The van der Waals surface area contributed by atoms with Gasteiger partial charge in [0.1, 0.15) is 0 Å². The number of hydrogen-bond acceptors (Lipinski definition) is 5. The van der Waals surface area contributed by atoms with E-state index in [0.29, 0.717) is 37.4 Å². The van der Waals surface area contributed by atoms with Gasteiger partial charge in [-0.2, -0.15) is 0 Å². The van der Waals surface area contributed by atoms with Crippen molar-refractivity contribution in [2.75, 3.05) is 19.9 Å². The highest BCUT2D eigenvalue weighted by Gasteiger charge is 2.32. The van der Waals surface area contributed by atoms with Gasteiger partial charge in [0.05, 0.1) is 11.8 Å². The minimum absolute atomic E-state index is 0.00719. The highest BCUT2D eigenvalue weighted by atomic mass is 16.7. The number of ether oxygens (including phenoxy) is 2. The Balaban J connectivity index is 1.35. The van der Waals surface area contributed by atoms with Crippen LogP contribution in [0.5, 0.6) is 11.5 Å². The molecule has 148 valence electrons. The molecule has 0 radical (unpaired) electrons. The minimum Gasteiger partial charge on any atom is -0.459 e. The van der Waals surface area contributed by atoms with Crippen molar-refractivity contribution in [2.24, 2.45) is 5.92 Å². The Bertz CT molecular complexity index is 867. The van der Waals surface area contributed by atoms with Crippen LogP contribution in [0, 0.1) is 5.92 Å². The van der Waals surface area contributed by atoms with Gasteiger partial charge in [-0.25, -0.2) is 0 Å². The Hall–Kier alpha value is -2.96. The molecule has 0 spiro atoms. The summed E-state index contributed by atoms with van der Waals surface area (Å²) in [6, 6.07) is 9.08. The van der Waals surface area contributed by atoms with Crippen LogP contribution in [-0.4, -0.2) is 36.6 Å². The van der Waals surface area contributed by atoms with Crippen molar-refractivity contribution in [3.8, 4) is 11.5 Å². The molecule has 1 aromatic heterocycles. The first-order chi connectivity index (χ1) is 13.4. The molecule has 7 heteroatoms. The molecule has 3 heterocycles. The van der Waals surface area contributed by atoms with Crippen molar-refractivity contribution < 1.29 is 23.5 Å². The summed E-state index contributed by atoms with van der Waals surface area (Å²) in [6.45, 7) is 5.25. The molecule has 2 amide bonds. The molecule has 28 heavy (non-hydrogen) atoms. The molecule has 1 fully saturated rings. The molecule has 0 bridgehead atoms. The molecule has 0 atom stereocenters. The topological polar surface area (TPSA) is 81.0 Å². The molecule has 0 unspecified atom stereocenters. The largest absolute Gasteiger partial charge is 0.459 e. The van der Waals surface area contributed by atoms with Gasteiger partial charge in [-0.1, -0.05) is 6.07 Å². The van der Waals surface area contributed by atoms with Crippen molar-refractivity contribution >= 4 is 11.8 Å². The number of nitrogens with one attached hydrogen (secondary N) is 1. The standard InChI is InChI=1S/C21H24N2O5/c1-21(2,15-5-6-16-18(12-15)28-13-27-16)22-19(24)14-7-9-23(10-8-14)20(25)17-4-3-11-26-17/h3-6,11-12,14H,7-10,13H2,1-2H3,(H,22,24). The Morgan fingerprint density at radius 3 is 2.57 bits per heavy atom. The maximum atomic E-state index is 12.8. The first-order valence-electron chi connectivity index (χ1n) is 9.49. The molecule has 1 aromatic carbocycles. The summed E-state index contributed by atoms with van der Waals surface area (Å²) in [4.78, 5) is 26.9. The first kappa shape index (κ1) is 18.4. The van der Waals surface area contributed by atoms with Gasteiger partial charge in [-0.05, 0) is 56.5 Å². The fourth-order valence-corrected chi connectivity index (χ4v) is 3.67. The molecular weight excluding hydrogens is 360 g/mol. The van der Waals surface area contributed by atoms with Gasteiger partial charge < -0.3 is 24.1 Å². The van der Waals surface area contributed by atoms with E-state index in [4.69, 9.17) is 13.9 Å². The number of amides is 2. The van der Waals surface area contributed by atoms with Crippen LogP contribution in [-0.2, 0) is 10.3 Å². The predicted molar refractivity (Wildman–Crippen MR) is 101 cm³/mol. The Morgan fingerprint density at radius 2 is 1.86 bits per heavy atom. The Labute approximate surface area is 163 Å². The monoisotopic (exact) mass is 384 g/mol. The third-order valence-electron chi connectivity index (χ3n) is 5.41. The quantitative estimate of drug-likeness (QED) is 0.877. The summed E-state index contributed by atoms with van der Waals surface area (Å²) in [5.74, 6) is 1.53. The van der Waals surface area contributed by atoms with Crippen LogP contribution in [0.1, 0.15) is 42.8 Å². The van der Waals surface area contributed by atoms with E-state index >= 15 is 0 Å². The van der Waals surface area contributed by atoms with Gasteiger partial charge in [0, 0.05) is 19.0 Å². The highest BCUT2D eigenvalue weighted by molar-refractivity contribution is 5.91. The molecule has 2 aliphatic heterocycles. The zero-order valence-electron chi connectivity index (χ0n) is 16.1. The zero-order valence-corrected chi connectivity index (χ0v) is 16.1. The van der Waals surface area contributed by atoms with Crippen molar-refractivity contribution in [1.82, 2.24) is 10.2 Å². The zero-order chi connectivity index (χ0) is 19.7. The van der Waals surface area contributed by atoms with E-state index in [1.807, 2.05) is 32.0 Å². The number of carbonyl (C=O) groups excluding carboxylic acids is 2. The summed E-state index contributed by atoms with van der Waals surface area (Å²) in [6.07, 6.45) is 2.76. The van der Waals surface area contributed by atoms with E-state index < -0.39 is 5.54 Å². The minimum atomic E-state index is -0.542. The molecule has 2 aromatic rings. The van der Waals surface area contributed by atoms with Gasteiger partial charge in [0.2, 0.25) is 12.7 Å². The molecule has 1 saturated heterocycles. The van der Waals surface area contributed by atoms with Gasteiger partial charge in [0.25, 0.3) is 5.91 Å². The van der Waals surface area contributed by atoms with Crippen molar-refractivity contribution in [2.45, 2.75) is 32.2 Å². The summed E-state index contributed by atoms with van der Waals surface area (Å²) in [5.41, 5.74) is 0.412. The van der Waals surface area contributed by atoms with Crippen LogP contribution in [0.15, 0.2) is 41.0 Å².